The normalized spacial score (nSPS) is 16.9. The van der Waals surface area contributed by atoms with Crippen LogP contribution in [0, 0.1) is 0 Å². The smallest absolute Gasteiger partial charge is 0.261 e. The van der Waals surface area contributed by atoms with Crippen molar-refractivity contribution in [3.8, 4) is 5.75 Å². The van der Waals surface area contributed by atoms with Gasteiger partial charge in [-0.25, -0.2) is 8.42 Å². The second-order valence-corrected chi connectivity index (χ2v) is 8.69. The molecule has 0 saturated carbocycles. The Hall–Kier alpha value is -2.19. The Labute approximate surface area is 157 Å². The summed E-state index contributed by atoms with van der Waals surface area (Å²) in [5.74, 6) is 2.20. The maximum atomic E-state index is 12.6. The zero-order valence-corrected chi connectivity index (χ0v) is 15.9. The zero-order chi connectivity index (χ0) is 18.6. The van der Waals surface area contributed by atoms with Crippen LogP contribution in [-0.4, -0.2) is 39.0 Å². The van der Waals surface area contributed by atoms with Gasteiger partial charge in [-0.3, -0.25) is 9.52 Å². The Bertz CT molecular complexity index is 876. The molecule has 3 rings (SSSR count). The summed E-state index contributed by atoms with van der Waals surface area (Å²) in [6, 6.07) is 12.8. The second-order valence-electron chi connectivity index (χ2n) is 5.86. The fourth-order valence-corrected chi connectivity index (χ4v) is 4.87. The van der Waals surface area contributed by atoms with E-state index in [1.54, 1.807) is 48.2 Å². The molecule has 6 nitrogen and oxygen atoms in total. The molecule has 1 amide bonds. The highest BCUT2D eigenvalue weighted by Gasteiger charge is 2.22. The van der Waals surface area contributed by atoms with E-state index >= 15 is 0 Å². The highest BCUT2D eigenvalue weighted by atomic mass is 32.2. The quantitative estimate of drug-likeness (QED) is 0.790. The zero-order valence-electron chi connectivity index (χ0n) is 14.3. The first kappa shape index (κ1) is 18.6. The van der Waals surface area contributed by atoms with Crippen molar-refractivity contribution in [2.24, 2.45) is 0 Å². The fourth-order valence-electron chi connectivity index (χ4n) is 2.64. The van der Waals surface area contributed by atoms with Crippen molar-refractivity contribution in [1.82, 2.24) is 5.32 Å². The predicted molar refractivity (Wildman–Crippen MR) is 103 cm³/mol. The van der Waals surface area contributed by atoms with Gasteiger partial charge in [-0.15, -0.1) is 0 Å². The summed E-state index contributed by atoms with van der Waals surface area (Å²) < 4.78 is 32.8. The number of carbonyl (C=O) groups is 1. The molecule has 8 heteroatoms. The molecule has 1 saturated heterocycles. The molecule has 2 aromatic rings. The Balaban J connectivity index is 1.81. The fraction of sp³-hybridized carbons (Fsp3) is 0.278. The number of ether oxygens (including phenoxy) is 1. The summed E-state index contributed by atoms with van der Waals surface area (Å²) in [4.78, 5) is 12.7. The van der Waals surface area contributed by atoms with Crippen molar-refractivity contribution in [1.29, 1.82) is 0 Å². The number of rotatable bonds is 6. The Morgan fingerprint density at radius 2 is 1.88 bits per heavy atom. The van der Waals surface area contributed by atoms with Crippen molar-refractivity contribution in [2.75, 3.05) is 23.3 Å². The number of nitrogens with one attached hydrogen (secondary N) is 2. The summed E-state index contributed by atoms with van der Waals surface area (Å²) >= 11 is 1.80. The van der Waals surface area contributed by atoms with Gasteiger partial charge in [-0.2, -0.15) is 11.8 Å². The summed E-state index contributed by atoms with van der Waals surface area (Å²) in [5, 5.41) is 2.97. The van der Waals surface area contributed by atoms with E-state index < -0.39 is 10.0 Å². The van der Waals surface area contributed by atoms with Crippen molar-refractivity contribution in [3.05, 3.63) is 54.1 Å². The highest BCUT2D eigenvalue weighted by Crippen LogP contribution is 2.23. The number of hydrogen-bond donors (Lipinski definition) is 2. The van der Waals surface area contributed by atoms with Gasteiger partial charge in [0.05, 0.1) is 23.3 Å². The van der Waals surface area contributed by atoms with E-state index in [0.29, 0.717) is 11.3 Å². The number of thioether (sulfide) groups is 1. The Morgan fingerprint density at radius 3 is 2.54 bits per heavy atom. The van der Waals surface area contributed by atoms with E-state index in [4.69, 9.17) is 4.74 Å². The molecule has 1 heterocycles. The number of anilines is 1. The first-order valence-electron chi connectivity index (χ1n) is 8.14. The molecule has 1 fully saturated rings. The molecule has 2 aromatic carbocycles. The molecule has 0 bridgehead atoms. The average Bonchev–Trinajstić information content (AvgIpc) is 3.15. The number of methoxy groups -OCH3 is 1. The minimum absolute atomic E-state index is 0.0979. The predicted octanol–water partition coefficient (Wildman–Crippen LogP) is 2.73. The minimum Gasteiger partial charge on any atom is -0.497 e. The maximum absolute atomic E-state index is 12.6. The lowest BCUT2D eigenvalue weighted by Gasteiger charge is -2.15. The van der Waals surface area contributed by atoms with Gasteiger partial charge >= 0.3 is 0 Å². The van der Waals surface area contributed by atoms with Crippen molar-refractivity contribution >= 4 is 33.4 Å². The SMILES string of the molecule is COc1ccc(S(=O)(=O)Nc2ccccc2C(=O)N[C@@H]2CCSC2)cc1. The average molecular weight is 393 g/mol. The van der Waals surface area contributed by atoms with Gasteiger partial charge in [-0.1, -0.05) is 12.1 Å². The van der Waals surface area contributed by atoms with Crippen LogP contribution in [0.1, 0.15) is 16.8 Å². The van der Waals surface area contributed by atoms with Crippen molar-refractivity contribution in [2.45, 2.75) is 17.4 Å². The number of para-hydroxylation sites is 1. The topological polar surface area (TPSA) is 84.5 Å². The standard InChI is InChI=1S/C18H20N2O4S2/c1-24-14-6-8-15(9-7-14)26(22,23)20-17-5-3-2-4-16(17)18(21)19-13-10-11-25-12-13/h2-9,13,20H,10-12H2,1H3,(H,19,21)/t13-/m1/s1. The number of amides is 1. The van der Waals surface area contributed by atoms with E-state index in [1.807, 2.05) is 0 Å². The first-order valence-corrected chi connectivity index (χ1v) is 10.8. The lowest BCUT2D eigenvalue weighted by Crippen LogP contribution is -2.35. The van der Waals surface area contributed by atoms with Gasteiger partial charge in [0.25, 0.3) is 15.9 Å². The van der Waals surface area contributed by atoms with Gasteiger partial charge in [0.1, 0.15) is 5.75 Å². The number of sulfonamides is 1. The van der Waals surface area contributed by atoms with Crippen LogP contribution < -0.4 is 14.8 Å². The first-order chi connectivity index (χ1) is 12.5. The molecular formula is C18H20N2O4S2. The monoisotopic (exact) mass is 392 g/mol. The van der Waals surface area contributed by atoms with E-state index in [1.165, 1.54) is 19.2 Å². The van der Waals surface area contributed by atoms with Gasteiger partial charge in [0.15, 0.2) is 0 Å². The number of hydrogen-bond acceptors (Lipinski definition) is 5. The molecule has 0 unspecified atom stereocenters. The molecule has 2 N–H and O–H groups in total. The molecule has 0 aromatic heterocycles. The largest absolute Gasteiger partial charge is 0.497 e. The third kappa shape index (κ3) is 4.31. The van der Waals surface area contributed by atoms with Gasteiger partial charge in [-0.05, 0) is 48.6 Å². The van der Waals surface area contributed by atoms with E-state index in [9.17, 15) is 13.2 Å². The van der Waals surface area contributed by atoms with E-state index in [2.05, 4.69) is 10.0 Å². The molecule has 0 spiro atoms. The molecule has 1 atom stereocenters. The van der Waals surface area contributed by atoms with Gasteiger partial charge in [0, 0.05) is 11.8 Å². The van der Waals surface area contributed by atoms with Crippen LogP contribution in [0.3, 0.4) is 0 Å². The Kier molecular flexibility index (Phi) is 5.73. The van der Waals surface area contributed by atoms with Crippen LogP contribution in [0.5, 0.6) is 5.75 Å². The Morgan fingerprint density at radius 1 is 1.15 bits per heavy atom. The third-order valence-corrected chi connectivity index (χ3v) is 6.59. The van der Waals surface area contributed by atoms with Crippen LogP contribution in [0.25, 0.3) is 0 Å². The van der Waals surface area contributed by atoms with Gasteiger partial charge < -0.3 is 10.1 Å². The molecule has 1 aliphatic heterocycles. The summed E-state index contributed by atoms with van der Waals surface area (Å²) in [6.07, 6.45) is 0.927. The second kappa shape index (κ2) is 8.01. The van der Waals surface area contributed by atoms with Crippen LogP contribution in [0.4, 0.5) is 5.69 Å². The minimum atomic E-state index is -3.81. The van der Waals surface area contributed by atoms with E-state index in [-0.39, 0.29) is 22.5 Å². The van der Waals surface area contributed by atoms with Crippen molar-refractivity contribution in [3.63, 3.8) is 0 Å². The van der Waals surface area contributed by atoms with Crippen LogP contribution in [-0.2, 0) is 10.0 Å². The number of benzene rings is 2. The lowest BCUT2D eigenvalue weighted by atomic mass is 10.1. The third-order valence-electron chi connectivity index (χ3n) is 4.05. The summed E-state index contributed by atoms with van der Waals surface area (Å²) in [5.41, 5.74) is 0.563. The van der Waals surface area contributed by atoms with Crippen LogP contribution >= 0.6 is 11.8 Å². The van der Waals surface area contributed by atoms with Crippen LogP contribution in [0.2, 0.25) is 0 Å². The van der Waals surface area contributed by atoms with Gasteiger partial charge in [0.2, 0.25) is 0 Å². The maximum Gasteiger partial charge on any atom is 0.261 e. The molecule has 26 heavy (non-hydrogen) atoms. The van der Waals surface area contributed by atoms with Crippen LogP contribution in [0.15, 0.2) is 53.4 Å². The molecule has 0 radical (unpaired) electrons. The summed E-state index contributed by atoms with van der Waals surface area (Å²) in [6.45, 7) is 0. The molecule has 0 aliphatic carbocycles. The molecule has 138 valence electrons. The molecular weight excluding hydrogens is 372 g/mol. The highest BCUT2D eigenvalue weighted by molar-refractivity contribution is 7.99. The lowest BCUT2D eigenvalue weighted by molar-refractivity contribution is 0.0942. The number of carbonyl (C=O) groups excluding carboxylic acids is 1. The molecule has 1 aliphatic rings. The summed E-state index contributed by atoms with van der Waals surface area (Å²) in [7, 11) is -2.30. The van der Waals surface area contributed by atoms with E-state index in [0.717, 1.165) is 17.9 Å². The van der Waals surface area contributed by atoms with Crippen molar-refractivity contribution < 1.29 is 17.9 Å².